The lowest BCUT2D eigenvalue weighted by Gasteiger charge is -2.30. The van der Waals surface area contributed by atoms with Gasteiger partial charge >= 0.3 is 5.97 Å². The Morgan fingerprint density at radius 1 is 0.778 bits per heavy atom. The number of carboxylic acid groups (broad SMARTS) is 1. The minimum atomic E-state index is -1.71. The van der Waals surface area contributed by atoms with Crippen LogP contribution in [-0.4, -0.2) is 166 Å². The van der Waals surface area contributed by atoms with Crippen molar-refractivity contribution in [3.05, 3.63) is 36.4 Å². The number of rotatable bonds is 20. The number of hydrogen-bond acceptors (Lipinski definition) is 14. The van der Waals surface area contributed by atoms with Crippen LogP contribution in [0.5, 0.6) is 0 Å². The van der Waals surface area contributed by atoms with E-state index < -0.39 is 109 Å². The SMILES string of the molecule is C[C@@H](O)[C@H](N)C(=O)N[C@@H](Cc1cnc[nH]1)C(=O)N[C@@H](CO)C(=O)N1CCC[C@H]1C(=O)N[C@@H](CO)C(=O)N[C@H](C(=O)N[C@@H](Cc1cnc[nH]1)C(=O)O)[C@@H](C)O. The molecule has 1 aliphatic heterocycles. The number of hydrogen-bond donors (Lipinski definition) is 13. The first kappa shape index (κ1) is 42.9. The highest BCUT2D eigenvalue weighted by molar-refractivity contribution is 5.97. The van der Waals surface area contributed by atoms with Crippen molar-refractivity contribution in [2.45, 2.75) is 94.0 Å². The Morgan fingerprint density at radius 3 is 1.81 bits per heavy atom. The van der Waals surface area contributed by atoms with Crippen LogP contribution in [0.1, 0.15) is 38.1 Å². The number of aromatic amines is 2. The molecule has 3 heterocycles. The Labute approximate surface area is 307 Å². The average molecular weight is 766 g/mol. The van der Waals surface area contributed by atoms with Crippen molar-refractivity contribution in [3.8, 4) is 0 Å². The predicted octanol–water partition coefficient (Wildman–Crippen LogP) is -6.51. The van der Waals surface area contributed by atoms with Gasteiger partial charge in [-0.25, -0.2) is 14.8 Å². The Bertz CT molecular complexity index is 1590. The lowest BCUT2D eigenvalue weighted by atomic mass is 10.1. The summed E-state index contributed by atoms with van der Waals surface area (Å²) in [4.78, 5) is 105. The largest absolute Gasteiger partial charge is 0.480 e. The van der Waals surface area contributed by atoms with Crippen LogP contribution in [-0.2, 0) is 46.4 Å². The Kier molecular flexibility index (Phi) is 16.0. The molecule has 6 amide bonds. The smallest absolute Gasteiger partial charge is 0.326 e. The number of aliphatic hydroxyl groups is 4. The summed E-state index contributed by atoms with van der Waals surface area (Å²) in [6, 6.07) is -10.4. The summed E-state index contributed by atoms with van der Waals surface area (Å²) in [6.07, 6.45) is 2.63. The van der Waals surface area contributed by atoms with Crippen LogP contribution in [0.4, 0.5) is 0 Å². The number of aliphatic hydroxyl groups excluding tert-OH is 4. The molecule has 3 rings (SSSR count). The Hall–Kier alpha value is -5.49. The highest BCUT2D eigenvalue weighted by Gasteiger charge is 2.40. The third-order valence-electron chi connectivity index (χ3n) is 8.54. The number of likely N-dealkylation sites (tertiary alicyclic amines) is 1. The lowest BCUT2D eigenvalue weighted by Crippen LogP contribution is -2.62. The van der Waals surface area contributed by atoms with Crippen LogP contribution in [0.2, 0.25) is 0 Å². The molecule has 54 heavy (non-hydrogen) atoms. The zero-order chi connectivity index (χ0) is 40.1. The number of carbonyl (C=O) groups is 7. The molecular weight excluding hydrogens is 718 g/mol. The minimum absolute atomic E-state index is 0.00436. The first-order valence-corrected chi connectivity index (χ1v) is 16.9. The molecule has 2 aromatic rings. The summed E-state index contributed by atoms with van der Waals surface area (Å²) >= 11 is 0. The average Bonchev–Trinajstić information content (AvgIpc) is 3.94. The van der Waals surface area contributed by atoms with Gasteiger partial charge in [-0.15, -0.1) is 0 Å². The molecule has 298 valence electrons. The van der Waals surface area contributed by atoms with Crippen LogP contribution in [0.15, 0.2) is 25.0 Å². The summed E-state index contributed by atoms with van der Waals surface area (Å²) in [6.45, 7) is 0.536. The summed E-state index contributed by atoms with van der Waals surface area (Å²) in [5, 5.41) is 61.1. The fraction of sp³-hybridized carbons (Fsp3) is 0.581. The van der Waals surface area contributed by atoms with Gasteiger partial charge in [-0.1, -0.05) is 0 Å². The molecule has 0 aliphatic carbocycles. The number of nitrogens with two attached hydrogens (primary N) is 1. The number of amides is 6. The maximum absolute atomic E-state index is 13.6. The van der Waals surface area contributed by atoms with Gasteiger partial charge in [0.25, 0.3) is 0 Å². The molecule has 2 aromatic heterocycles. The third-order valence-corrected chi connectivity index (χ3v) is 8.54. The van der Waals surface area contributed by atoms with Gasteiger partial charge in [0.1, 0.15) is 42.3 Å². The molecule has 0 aromatic carbocycles. The van der Waals surface area contributed by atoms with Crippen molar-refractivity contribution < 1.29 is 59.1 Å². The first-order chi connectivity index (χ1) is 25.6. The molecule has 14 N–H and O–H groups in total. The van der Waals surface area contributed by atoms with Crippen molar-refractivity contribution in [1.29, 1.82) is 0 Å². The van der Waals surface area contributed by atoms with E-state index in [-0.39, 0.29) is 25.8 Å². The zero-order valence-corrected chi connectivity index (χ0v) is 29.5. The fourth-order valence-corrected chi connectivity index (χ4v) is 5.47. The summed E-state index contributed by atoms with van der Waals surface area (Å²) in [5.41, 5.74) is 6.50. The zero-order valence-electron chi connectivity index (χ0n) is 29.5. The highest BCUT2D eigenvalue weighted by atomic mass is 16.4. The molecular formula is C31H47N11O12. The van der Waals surface area contributed by atoms with Gasteiger partial charge in [-0.05, 0) is 26.7 Å². The molecule has 0 spiro atoms. The van der Waals surface area contributed by atoms with Crippen molar-refractivity contribution in [2.24, 2.45) is 5.73 Å². The quantitative estimate of drug-likeness (QED) is 0.0596. The van der Waals surface area contributed by atoms with E-state index in [1.165, 1.54) is 32.0 Å². The van der Waals surface area contributed by atoms with Crippen LogP contribution in [0.3, 0.4) is 0 Å². The van der Waals surface area contributed by atoms with Gasteiger partial charge < -0.3 is 72.7 Å². The first-order valence-electron chi connectivity index (χ1n) is 16.9. The second-order valence-corrected chi connectivity index (χ2v) is 12.7. The van der Waals surface area contributed by atoms with Crippen molar-refractivity contribution in [2.75, 3.05) is 19.8 Å². The normalized spacial score (nSPS) is 18.5. The van der Waals surface area contributed by atoms with Gasteiger partial charge in [0, 0.05) is 43.2 Å². The highest BCUT2D eigenvalue weighted by Crippen LogP contribution is 2.19. The van der Waals surface area contributed by atoms with E-state index in [0.29, 0.717) is 17.8 Å². The number of nitrogens with zero attached hydrogens (tertiary/aromatic N) is 3. The number of carboxylic acids is 1. The van der Waals surface area contributed by atoms with E-state index in [4.69, 9.17) is 5.73 Å². The summed E-state index contributed by atoms with van der Waals surface area (Å²) in [7, 11) is 0. The molecule has 23 heteroatoms. The number of nitrogens with one attached hydrogen (secondary N) is 7. The molecule has 0 radical (unpaired) electrons. The number of H-pyrrole nitrogens is 2. The van der Waals surface area contributed by atoms with E-state index in [1.54, 1.807) is 0 Å². The summed E-state index contributed by atoms with van der Waals surface area (Å²) < 4.78 is 0. The van der Waals surface area contributed by atoms with Gasteiger partial charge in [0.2, 0.25) is 35.4 Å². The maximum atomic E-state index is 13.6. The van der Waals surface area contributed by atoms with Crippen LogP contribution in [0.25, 0.3) is 0 Å². The molecule has 23 nitrogen and oxygen atoms in total. The molecule has 9 atom stereocenters. The molecule has 0 bridgehead atoms. The third kappa shape index (κ3) is 11.8. The van der Waals surface area contributed by atoms with E-state index >= 15 is 0 Å². The number of imidazole rings is 2. The Morgan fingerprint density at radius 2 is 1.31 bits per heavy atom. The second kappa shape index (κ2) is 20.1. The van der Waals surface area contributed by atoms with Crippen molar-refractivity contribution >= 4 is 41.4 Å². The molecule has 0 unspecified atom stereocenters. The molecule has 1 saturated heterocycles. The number of carbonyl (C=O) groups excluding carboxylic acids is 6. The van der Waals surface area contributed by atoms with Crippen molar-refractivity contribution in [1.82, 2.24) is 51.4 Å². The summed E-state index contributed by atoms with van der Waals surface area (Å²) in [5.74, 6) is -7.17. The molecule has 1 fully saturated rings. The second-order valence-electron chi connectivity index (χ2n) is 12.7. The standard InChI is InChI=1S/C31H47N11O12/c1-14(45)23(32)28(50)37-18(6-16-8-33-12-35-16)25(47)40-21(11-44)30(52)42-5-3-4-22(42)27(49)39-20(10-43)26(48)41-24(15(2)46)29(51)38-19(31(53)54)7-17-9-34-13-36-17/h8-9,12-15,18-24,43-46H,3-7,10-11,32H2,1-2H3,(H,33,35)(H,34,36)(H,37,50)(H,38,51)(H,39,49)(H,40,47)(H,41,48)(H,53,54)/t14-,15-,18+,19+,20+,21+,22+,23+,24+/m1/s1. The van der Waals surface area contributed by atoms with Crippen LogP contribution < -0.4 is 32.3 Å². The lowest BCUT2D eigenvalue weighted by molar-refractivity contribution is -0.144. The molecule has 1 aliphatic rings. The van der Waals surface area contributed by atoms with E-state index in [1.807, 2.05) is 0 Å². The van der Waals surface area contributed by atoms with E-state index in [2.05, 4.69) is 46.5 Å². The van der Waals surface area contributed by atoms with E-state index in [0.717, 1.165) is 11.8 Å². The van der Waals surface area contributed by atoms with Crippen molar-refractivity contribution in [3.63, 3.8) is 0 Å². The topological polar surface area (TPSA) is 367 Å². The van der Waals surface area contributed by atoms with Crippen LogP contribution in [0, 0.1) is 0 Å². The minimum Gasteiger partial charge on any atom is -0.480 e. The van der Waals surface area contributed by atoms with Gasteiger partial charge in [-0.3, -0.25) is 28.8 Å². The number of aliphatic carboxylic acids is 1. The monoisotopic (exact) mass is 765 g/mol. The fourth-order valence-electron chi connectivity index (χ4n) is 5.47. The van der Waals surface area contributed by atoms with Gasteiger partial charge in [0.05, 0.1) is 38.1 Å². The maximum Gasteiger partial charge on any atom is 0.326 e. The predicted molar refractivity (Wildman–Crippen MR) is 182 cm³/mol. The van der Waals surface area contributed by atoms with Gasteiger partial charge in [-0.2, -0.15) is 0 Å². The number of aromatic nitrogens is 4. The molecule has 0 saturated carbocycles. The van der Waals surface area contributed by atoms with Crippen LogP contribution >= 0.6 is 0 Å². The van der Waals surface area contributed by atoms with Gasteiger partial charge in [0.15, 0.2) is 0 Å². The van der Waals surface area contributed by atoms with E-state index in [9.17, 15) is 59.1 Å². The Balaban J connectivity index is 1.67.